The predicted molar refractivity (Wildman–Crippen MR) is 159 cm³/mol. The molecule has 7 heteroatoms. The number of H-pyrrole nitrogens is 1. The number of nitrogens with two attached hydrogens (primary N) is 1. The Bertz CT molecular complexity index is 1440. The van der Waals surface area contributed by atoms with Crippen molar-refractivity contribution in [1.29, 1.82) is 0 Å². The Morgan fingerprint density at radius 1 is 1.02 bits per heavy atom. The Morgan fingerprint density at radius 2 is 1.73 bits per heavy atom. The zero-order chi connectivity index (χ0) is 28.2. The van der Waals surface area contributed by atoms with E-state index >= 15 is 0 Å². The third-order valence-corrected chi connectivity index (χ3v) is 10.7. The van der Waals surface area contributed by atoms with Gasteiger partial charge in [-0.15, -0.1) is 0 Å². The van der Waals surface area contributed by atoms with Gasteiger partial charge in [0.05, 0.1) is 5.54 Å². The number of benzene rings is 2. The molecule has 0 spiro atoms. The van der Waals surface area contributed by atoms with E-state index in [0.717, 1.165) is 78.8 Å². The zero-order valence-corrected chi connectivity index (χ0v) is 24.0. The molecular formula is C34H42N4O3. The summed E-state index contributed by atoms with van der Waals surface area (Å²) < 4.78 is 6.18. The number of aryl methyl sites for hydroxylation is 1. The van der Waals surface area contributed by atoms with Crippen LogP contribution in [0.15, 0.2) is 54.7 Å². The molecule has 7 nitrogen and oxygen atoms in total. The lowest BCUT2D eigenvalue weighted by atomic mass is 9.55. The van der Waals surface area contributed by atoms with Crippen molar-refractivity contribution >= 4 is 22.9 Å². The molecule has 0 aliphatic heterocycles. The number of hydrogen-bond donors (Lipinski definition) is 4. The standard InChI is InChI=1S/C34H42N4O3/c1-33(18-26-19-36-29-11-5-3-9-27(26)29,31(39)37-20-34(35)12-6-8-23-7-2-4-10-28(23)34)38-32(40)41-30-24-14-21-13-22(16-24)17-25(30)15-21/h2-5,7,9-11,19,21-22,24-25,30,36H,6,8,12-18,20,35H2,1H3,(H,37,39)(H,38,40)/t21?,22?,24?,25?,30?,33-,34?/m0/s1. The van der Waals surface area contributed by atoms with Crippen LogP contribution in [0, 0.1) is 23.7 Å². The van der Waals surface area contributed by atoms with Crippen molar-refractivity contribution in [2.75, 3.05) is 6.54 Å². The Morgan fingerprint density at radius 3 is 2.51 bits per heavy atom. The van der Waals surface area contributed by atoms with Gasteiger partial charge in [-0.1, -0.05) is 42.5 Å². The molecule has 4 bridgehead atoms. The third-order valence-electron chi connectivity index (χ3n) is 10.7. The molecule has 2 atom stereocenters. The van der Waals surface area contributed by atoms with Crippen molar-refractivity contribution in [2.45, 2.75) is 81.9 Å². The topological polar surface area (TPSA) is 109 Å². The number of nitrogens with one attached hydrogen (secondary N) is 3. The van der Waals surface area contributed by atoms with Crippen LogP contribution in [0.3, 0.4) is 0 Å². The van der Waals surface area contributed by atoms with E-state index in [1.165, 1.54) is 12.0 Å². The van der Waals surface area contributed by atoms with Gasteiger partial charge in [-0.2, -0.15) is 0 Å². The number of carbonyl (C=O) groups excluding carboxylic acids is 2. The second kappa shape index (κ2) is 10.2. The van der Waals surface area contributed by atoms with Gasteiger partial charge in [-0.25, -0.2) is 4.79 Å². The fraction of sp³-hybridized carbons (Fsp3) is 0.529. The second-order valence-electron chi connectivity index (χ2n) is 13.6. The van der Waals surface area contributed by atoms with Gasteiger partial charge in [0.15, 0.2) is 0 Å². The Balaban J connectivity index is 1.11. The highest BCUT2D eigenvalue weighted by Gasteiger charge is 2.50. The number of para-hydroxylation sites is 1. The first-order chi connectivity index (χ1) is 19.8. The van der Waals surface area contributed by atoms with Crippen molar-refractivity contribution in [1.82, 2.24) is 15.6 Å². The van der Waals surface area contributed by atoms with Crippen LogP contribution in [0.4, 0.5) is 4.79 Å². The minimum absolute atomic E-state index is 0.0470. The maximum atomic E-state index is 14.0. The summed E-state index contributed by atoms with van der Waals surface area (Å²) in [5, 5.41) is 7.24. The normalized spacial score (nSPS) is 31.3. The fourth-order valence-electron chi connectivity index (χ4n) is 8.86. The number of carbonyl (C=O) groups is 2. The van der Waals surface area contributed by atoms with Crippen LogP contribution >= 0.6 is 0 Å². The number of ether oxygens (including phenoxy) is 1. The number of alkyl carbamates (subject to hydrolysis) is 1. The van der Waals surface area contributed by atoms with Gasteiger partial charge in [0.25, 0.3) is 0 Å². The Hall–Kier alpha value is -3.32. The van der Waals surface area contributed by atoms with E-state index in [4.69, 9.17) is 10.5 Å². The molecule has 41 heavy (non-hydrogen) atoms. The smallest absolute Gasteiger partial charge is 0.408 e. The molecule has 2 aromatic carbocycles. The molecule has 216 valence electrons. The lowest BCUT2D eigenvalue weighted by molar-refractivity contribution is -0.128. The summed E-state index contributed by atoms with van der Waals surface area (Å²) >= 11 is 0. The monoisotopic (exact) mass is 554 g/mol. The summed E-state index contributed by atoms with van der Waals surface area (Å²) in [6, 6.07) is 16.3. The summed E-state index contributed by atoms with van der Waals surface area (Å²) in [6.07, 6.45) is 10.5. The SMILES string of the molecule is C[C@@](Cc1c[nH]c2ccccc12)(NC(=O)OC1C2CC3CC(C2)CC1C3)C(=O)NCC1(N)CCCc2ccccc21. The van der Waals surface area contributed by atoms with E-state index < -0.39 is 17.2 Å². The lowest BCUT2D eigenvalue weighted by Crippen LogP contribution is -2.61. The lowest BCUT2D eigenvalue weighted by Gasteiger charge is -2.53. The van der Waals surface area contributed by atoms with Gasteiger partial charge < -0.3 is 26.1 Å². The first kappa shape index (κ1) is 26.6. The van der Waals surface area contributed by atoms with E-state index in [1.807, 2.05) is 42.6 Å². The molecule has 1 unspecified atom stereocenters. The van der Waals surface area contributed by atoms with Crippen molar-refractivity contribution in [3.63, 3.8) is 0 Å². The molecule has 4 fully saturated rings. The van der Waals surface area contributed by atoms with Crippen LogP contribution in [0.1, 0.15) is 68.6 Å². The summed E-state index contributed by atoms with van der Waals surface area (Å²) in [4.78, 5) is 30.9. The highest BCUT2D eigenvalue weighted by Crippen LogP contribution is 2.54. The molecule has 1 aromatic heterocycles. The van der Waals surface area contributed by atoms with E-state index in [1.54, 1.807) is 6.92 Å². The minimum Gasteiger partial charge on any atom is -0.446 e. The molecule has 5 N–H and O–H groups in total. The number of hydrogen-bond acceptors (Lipinski definition) is 4. The maximum Gasteiger partial charge on any atom is 0.408 e. The van der Waals surface area contributed by atoms with Crippen LogP contribution in [-0.2, 0) is 27.9 Å². The van der Waals surface area contributed by atoms with Gasteiger partial charge in [0.2, 0.25) is 5.91 Å². The average molecular weight is 555 g/mol. The van der Waals surface area contributed by atoms with E-state index in [0.29, 0.717) is 24.8 Å². The summed E-state index contributed by atoms with van der Waals surface area (Å²) in [7, 11) is 0. The molecule has 5 aliphatic rings. The zero-order valence-electron chi connectivity index (χ0n) is 24.0. The van der Waals surface area contributed by atoms with Gasteiger partial charge >= 0.3 is 6.09 Å². The minimum atomic E-state index is -1.22. The van der Waals surface area contributed by atoms with Gasteiger partial charge in [0, 0.05) is 30.1 Å². The average Bonchev–Trinajstić information content (AvgIpc) is 3.36. The predicted octanol–water partition coefficient (Wildman–Crippen LogP) is 5.33. The maximum absolute atomic E-state index is 14.0. The Labute approximate surface area is 242 Å². The van der Waals surface area contributed by atoms with Gasteiger partial charge in [-0.3, -0.25) is 4.79 Å². The van der Waals surface area contributed by atoms with Crippen LogP contribution in [-0.4, -0.2) is 35.2 Å². The van der Waals surface area contributed by atoms with E-state index in [-0.39, 0.29) is 12.0 Å². The van der Waals surface area contributed by atoms with Crippen molar-refractivity contribution in [2.24, 2.45) is 29.4 Å². The molecule has 4 saturated carbocycles. The van der Waals surface area contributed by atoms with E-state index in [2.05, 4.69) is 27.8 Å². The van der Waals surface area contributed by atoms with Gasteiger partial charge in [-0.05, 0) is 105 Å². The number of fused-ring (bicyclic) bond motifs is 2. The van der Waals surface area contributed by atoms with Crippen LogP contribution in [0.25, 0.3) is 10.9 Å². The molecule has 3 aromatic rings. The van der Waals surface area contributed by atoms with Crippen LogP contribution in [0.5, 0.6) is 0 Å². The fourth-order valence-corrected chi connectivity index (χ4v) is 8.86. The van der Waals surface area contributed by atoms with E-state index in [9.17, 15) is 9.59 Å². The first-order valence-corrected chi connectivity index (χ1v) is 15.5. The quantitative estimate of drug-likeness (QED) is 0.317. The highest BCUT2D eigenvalue weighted by atomic mass is 16.6. The van der Waals surface area contributed by atoms with Crippen molar-refractivity contribution in [3.05, 3.63) is 71.4 Å². The van der Waals surface area contributed by atoms with Crippen molar-refractivity contribution < 1.29 is 14.3 Å². The first-order valence-electron chi connectivity index (χ1n) is 15.5. The number of amides is 2. The third kappa shape index (κ3) is 4.92. The van der Waals surface area contributed by atoms with Gasteiger partial charge in [0.1, 0.15) is 11.6 Å². The molecule has 8 rings (SSSR count). The number of aromatic nitrogens is 1. The largest absolute Gasteiger partial charge is 0.446 e. The molecule has 1 heterocycles. The Kier molecular flexibility index (Phi) is 6.61. The van der Waals surface area contributed by atoms with Crippen LogP contribution in [0.2, 0.25) is 0 Å². The number of rotatable bonds is 7. The molecule has 0 saturated heterocycles. The van der Waals surface area contributed by atoms with Crippen LogP contribution < -0.4 is 16.4 Å². The number of aromatic amines is 1. The molecule has 2 amide bonds. The van der Waals surface area contributed by atoms with Crippen molar-refractivity contribution in [3.8, 4) is 0 Å². The summed E-state index contributed by atoms with van der Waals surface area (Å²) in [5.41, 5.74) is 9.38. The molecule has 0 radical (unpaired) electrons. The summed E-state index contributed by atoms with van der Waals surface area (Å²) in [5.74, 6) is 2.25. The highest BCUT2D eigenvalue weighted by molar-refractivity contribution is 5.91. The molecular weight excluding hydrogens is 512 g/mol. The molecule has 5 aliphatic carbocycles. The second-order valence-corrected chi connectivity index (χ2v) is 13.6. The summed E-state index contributed by atoms with van der Waals surface area (Å²) in [6.45, 7) is 2.11.